The lowest BCUT2D eigenvalue weighted by molar-refractivity contribution is -0.175. The summed E-state index contributed by atoms with van der Waals surface area (Å²) >= 11 is 0. The van der Waals surface area contributed by atoms with Crippen molar-refractivity contribution in [2.24, 2.45) is 11.8 Å². The zero-order chi connectivity index (χ0) is 10.6. The summed E-state index contributed by atoms with van der Waals surface area (Å²) in [5.41, 5.74) is 2.47. The highest BCUT2D eigenvalue weighted by molar-refractivity contribution is 4.79. The molecule has 84 valence electrons. The van der Waals surface area contributed by atoms with Gasteiger partial charge in [0.05, 0.1) is 6.61 Å². The molecule has 1 saturated carbocycles. The van der Waals surface area contributed by atoms with E-state index in [0.717, 1.165) is 19.3 Å². The van der Waals surface area contributed by atoms with Crippen LogP contribution in [0.15, 0.2) is 0 Å². The van der Waals surface area contributed by atoms with Crippen molar-refractivity contribution in [1.29, 1.82) is 0 Å². The van der Waals surface area contributed by atoms with Gasteiger partial charge in [0, 0.05) is 6.04 Å². The summed E-state index contributed by atoms with van der Waals surface area (Å²) in [6.07, 6.45) is -1.15. The minimum Gasteiger partial charge on any atom is -0.370 e. The van der Waals surface area contributed by atoms with E-state index in [-0.39, 0.29) is 12.6 Å². The third-order valence-corrected chi connectivity index (χ3v) is 2.14. The molecule has 1 fully saturated rings. The summed E-state index contributed by atoms with van der Waals surface area (Å²) in [6.45, 7) is -1.18. The average Bonchev–Trinajstić information content (AvgIpc) is 2.84. The normalized spacial score (nSPS) is 19.7. The van der Waals surface area contributed by atoms with Crippen molar-refractivity contribution in [3.05, 3.63) is 0 Å². The Morgan fingerprint density at radius 1 is 1.43 bits per heavy atom. The molecule has 0 amide bonds. The lowest BCUT2D eigenvalue weighted by Gasteiger charge is -2.16. The largest absolute Gasteiger partial charge is 0.411 e. The maximum atomic E-state index is 11.7. The first kappa shape index (κ1) is 11.7. The van der Waals surface area contributed by atoms with Gasteiger partial charge in [-0.15, -0.1) is 0 Å². The van der Waals surface area contributed by atoms with Crippen LogP contribution in [0.1, 0.15) is 19.3 Å². The Morgan fingerprint density at radius 2 is 2.07 bits per heavy atom. The van der Waals surface area contributed by atoms with E-state index in [1.165, 1.54) is 0 Å². The molecule has 1 rings (SSSR count). The SMILES string of the molecule is NNC(COCC(F)(F)F)CC1CC1. The highest BCUT2D eigenvalue weighted by Crippen LogP contribution is 2.33. The van der Waals surface area contributed by atoms with Gasteiger partial charge in [-0.2, -0.15) is 13.2 Å². The molecule has 0 bridgehead atoms. The predicted octanol–water partition coefficient (Wildman–Crippen LogP) is 1.20. The van der Waals surface area contributed by atoms with Crippen molar-refractivity contribution in [3.63, 3.8) is 0 Å². The summed E-state index contributed by atoms with van der Waals surface area (Å²) in [6, 6.07) is -0.162. The third-order valence-electron chi connectivity index (χ3n) is 2.14. The predicted molar refractivity (Wildman–Crippen MR) is 45.3 cm³/mol. The van der Waals surface area contributed by atoms with Crippen LogP contribution in [0.3, 0.4) is 0 Å². The van der Waals surface area contributed by atoms with Gasteiger partial charge in [-0.25, -0.2) is 0 Å². The van der Waals surface area contributed by atoms with Crippen LogP contribution in [0, 0.1) is 5.92 Å². The molecular formula is C8H15F3N2O. The second kappa shape index (κ2) is 4.95. The van der Waals surface area contributed by atoms with Crippen LogP contribution in [0.5, 0.6) is 0 Å². The molecule has 14 heavy (non-hydrogen) atoms. The Morgan fingerprint density at radius 3 is 2.50 bits per heavy atom. The molecule has 0 saturated heterocycles. The van der Waals surface area contributed by atoms with Crippen LogP contribution in [0.4, 0.5) is 13.2 Å². The molecule has 0 heterocycles. The Labute approximate surface area is 80.8 Å². The molecule has 6 heteroatoms. The van der Waals surface area contributed by atoms with Crippen LogP contribution >= 0.6 is 0 Å². The molecule has 0 aromatic rings. The second-order valence-electron chi connectivity index (χ2n) is 3.67. The number of halogens is 3. The molecule has 1 unspecified atom stereocenters. The molecule has 0 aromatic carbocycles. The first-order chi connectivity index (χ1) is 6.51. The Kier molecular flexibility index (Phi) is 4.15. The van der Waals surface area contributed by atoms with E-state index in [1.54, 1.807) is 0 Å². The minimum absolute atomic E-state index is 0.0203. The van der Waals surface area contributed by atoms with Crippen molar-refractivity contribution < 1.29 is 17.9 Å². The zero-order valence-corrected chi connectivity index (χ0v) is 7.81. The van der Waals surface area contributed by atoms with E-state index in [2.05, 4.69) is 10.2 Å². The first-order valence-electron chi connectivity index (χ1n) is 4.62. The summed E-state index contributed by atoms with van der Waals surface area (Å²) < 4.78 is 39.6. The van der Waals surface area contributed by atoms with E-state index in [4.69, 9.17) is 5.84 Å². The highest BCUT2D eigenvalue weighted by Gasteiger charge is 2.29. The summed E-state index contributed by atoms with van der Waals surface area (Å²) in [5.74, 6) is 5.80. The van der Waals surface area contributed by atoms with Gasteiger partial charge < -0.3 is 4.74 Å². The summed E-state index contributed by atoms with van der Waals surface area (Å²) in [7, 11) is 0. The first-order valence-corrected chi connectivity index (χ1v) is 4.62. The molecule has 0 radical (unpaired) electrons. The molecule has 1 atom stereocenters. The number of hydrazine groups is 1. The van der Waals surface area contributed by atoms with E-state index < -0.39 is 12.8 Å². The standard InChI is InChI=1S/C8H15F3N2O/c9-8(10,11)5-14-4-7(13-12)3-6-1-2-6/h6-7,13H,1-5,12H2. The van der Waals surface area contributed by atoms with E-state index in [9.17, 15) is 13.2 Å². The van der Waals surface area contributed by atoms with Crippen molar-refractivity contribution in [3.8, 4) is 0 Å². The van der Waals surface area contributed by atoms with Crippen molar-refractivity contribution in [2.45, 2.75) is 31.5 Å². The summed E-state index contributed by atoms with van der Waals surface area (Å²) in [5, 5.41) is 0. The van der Waals surface area contributed by atoms with Gasteiger partial charge >= 0.3 is 6.18 Å². The maximum Gasteiger partial charge on any atom is 0.411 e. The fourth-order valence-electron chi connectivity index (χ4n) is 1.26. The number of hydrogen-bond donors (Lipinski definition) is 2. The van der Waals surface area contributed by atoms with Crippen LogP contribution in [-0.2, 0) is 4.74 Å². The average molecular weight is 212 g/mol. The van der Waals surface area contributed by atoms with Gasteiger partial charge in [-0.1, -0.05) is 12.8 Å². The zero-order valence-electron chi connectivity index (χ0n) is 7.81. The molecule has 0 aliphatic heterocycles. The number of nitrogens with two attached hydrogens (primary N) is 1. The van der Waals surface area contributed by atoms with Gasteiger partial charge in [0.1, 0.15) is 6.61 Å². The van der Waals surface area contributed by atoms with Crippen LogP contribution in [0.2, 0.25) is 0 Å². The van der Waals surface area contributed by atoms with Gasteiger partial charge in [-0.05, 0) is 12.3 Å². The molecular weight excluding hydrogens is 197 g/mol. The molecule has 1 aliphatic rings. The number of rotatable bonds is 6. The van der Waals surface area contributed by atoms with Gasteiger partial charge in [-0.3, -0.25) is 11.3 Å². The second-order valence-corrected chi connectivity index (χ2v) is 3.67. The van der Waals surface area contributed by atoms with Gasteiger partial charge in [0.25, 0.3) is 0 Å². The molecule has 1 aliphatic carbocycles. The third kappa shape index (κ3) is 5.41. The molecule has 3 nitrogen and oxygen atoms in total. The van der Waals surface area contributed by atoms with Crippen molar-refractivity contribution in [2.75, 3.05) is 13.2 Å². The number of alkyl halides is 3. The van der Waals surface area contributed by atoms with Crippen molar-refractivity contribution in [1.82, 2.24) is 5.43 Å². The van der Waals surface area contributed by atoms with E-state index in [1.807, 2.05) is 0 Å². The number of nitrogens with one attached hydrogen (secondary N) is 1. The fraction of sp³-hybridized carbons (Fsp3) is 1.00. The smallest absolute Gasteiger partial charge is 0.370 e. The van der Waals surface area contributed by atoms with Crippen LogP contribution < -0.4 is 11.3 Å². The number of hydrogen-bond acceptors (Lipinski definition) is 3. The minimum atomic E-state index is -4.25. The quantitative estimate of drug-likeness (QED) is 0.513. The maximum absolute atomic E-state index is 11.7. The van der Waals surface area contributed by atoms with Gasteiger partial charge in [0.15, 0.2) is 0 Å². The van der Waals surface area contributed by atoms with Crippen molar-refractivity contribution >= 4 is 0 Å². The van der Waals surface area contributed by atoms with Gasteiger partial charge in [0.2, 0.25) is 0 Å². The fourth-order valence-corrected chi connectivity index (χ4v) is 1.26. The highest BCUT2D eigenvalue weighted by atomic mass is 19.4. The monoisotopic (exact) mass is 212 g/mol. The Hall–Kier alpha value is -0.330. The Balaban J connectivity index is 2.07. The van der Waals surface area contributed by atoms with E-state index >= 15 is 0 Å². The Bertz CT molecular complexity index is 170. The van der Waals surface area contributed by atoms with Crippen LogP contribution in [-0.4, -0.2) is 25.4 Å². The van der Waals surface area contributed by atoms with E-state index in [0.29, 0.717) is 5.92 Å². The number of ether oxygens (including phenoxy) is 1. The molecule has 0 spiro atoms. The summed E-state index contributed by atoms with van der Waals surface area (Å²) in [4.78, 5) is 0. The molecule has 3 N–H and O–H groups in total. The lowest BCUT2D eigenvalue weighted by atomic mass is 10.1. The van der Waals surface area contributed by atoms with Crippen LogP contribution in [0.25, 0.3) is 0 Å². The lowest BCUT2D eigenvalue weighted by Crippen LogP contribution is -2.39. The molecule has 0 aromatic heterocycles. The topological polar surface area (TPSA) is 47.3 Å².